The zero-order valence-corrected chi connectivity index (χ0v) is 13.6. The van der Waals surface area contributed by atoms with Crippen LogP contribution < -0.4 is 0 Å². The lowest BCUT2D eigenvalue weighted by Crippen LogP contribution is -2.41. The summed E-state index contributed by atoms with van der Waals surface area (Å²) < 4.78 is 17.1. The number of nitrogens with zero attached hydrogens (tertiary/aromatic N) is 1. The fourth-order valence-electron chi connectivity index (χ4n) is 4.35. The second kappa shape index (κ2) is 5.31. The predicted octanol–water partition coefficient (Wildman–Crippen LogP) is 0.899. The molecule has 4 rings (SSSR count). The molecule has 0 unspecified atom stereocenters. The molecule has 2 bridgehead atoms. The number of hydrogen-bond donors (Lipinski definition) is 0. The van der Waals surface area contributed by atoms with E-state index >= 15 is 0 Å². The second-order valence-corrected chi connectivity index (χ2v) is 7.24. The van der Waals surface area contributed by atoms with Crippen LogP contribution in [0.1, 0.15) is 26.7 Å². The maximum Gasteiger partial charge on any atom is 0.313 e. The summed E-state index contributed by atoms with van der Waals surface area (Å²) in [5.41, 5.74) is -0.652. The standard InChI is InChI=1S/C17H23NO5/c1-10(2)22-16(20)13-12-5-6-17(23-12)9-18(15(19)14(13)17)8-11-4-3-7-21-11/h5-6,10-14H,3-4,7-9H2,1-2H3/t11-,12+,13+,14-,17-/m0/s1. The predicted molar refractivity (Wildman–Crippen MR) is 80.5 cm³/mol. The van der Waals surface area contributed by atoms with Crippen LogP contribution in [-0.2, 0) is 23.8 Å². The van der Waals surface area contributed by atoms with Gasteiger partial charge in [0, 0.05) is 13.2 Å². The van der Waals surface area contributed by atoms with Gasteiger partial charge in [-0.3, -0.25) is 9.59 Å². The van der Waals surface area contributed by atoms with Gasteiger partial charge in [-0.15, -0.1) is 0 Å². The van der Waals surface area contributed by atoms with Crippen molar-refractivity contribution >= 4 is 11.9 Å². The molecular formula is C17H23NO5. The summed E-state index contributed by atoms with van der Waals surface area (Å²) in [5, 5.41) is 0. The number of rotatable bonds is 4. The Morgan fingerprint density at radius 3 is 3.04 bits per heavy atom. The third-order valence-corrected chi connectivity index (χ3v) is 5.25. The highest BCUT2D eigenvalue weighted by molar-refractivity contribution is 5.91. The van der Waals surface area contributed by atoms with E-state index in [2.05, 4.69) is 0 Å². The smallest absolute Gasteiger partial charge is 0.313 e. The Labute approximate surface area is 135 Å². The normalized spacial score (nSPS) is 41.2. The molecule has 0 aromatic rings. The van der Waals surface area contributed by atoms with Gasteiger partial charge in [0.05, 0.1) is 30.8 Å². The Hall–Kier alpha value is -1.40. The van der Waals surface area contributed by atoms with Gasteiger partial charge in [-0.25, -0.2) is 0 Å². The van der Waals surface area contributed by atoms with Crippen LogP contribution in [0.2, 0.25) is 0 Å². The highest BCUT2D eigenvalue weighted by Gasteiger charge is 2.67. The van der Waals surface area contributed by atoms with Crippen molar-refractivity contribution in [1.29, 1.82) is 0 Å². The molecule has 3 saturated heterocycles. The summed E-state index contributed by atoms with van der Waals surface area (Å²) in [7, 11) is 0. The quantitative estimate of drug-likeness (QED) is 0.568. The Kier molecular flexibility index (Phi) is 3.50. The first-order valence-corrected chi connectivity index (χ1v) is 8.48. The molecule has 5 atom stereocenters. The zero-order chi connectivity index (χ0) is 16.2. The highest BCUT2D eigenvalue weighted by Crippen LogP contribution is 2.52. The summed E-state index contributed by atoms with van der Waals surface area (Å²) in [6, 6.07) is 0. The van der Waals surface area contributed by atoms with Crippen LogP contribution in [0.15, 0.2) is 12.2 Å². The lowest BCUT2D eigenvalue weighted by molar-refractivity contribution is -0.157. The molecule has 0 aromatic heterocycles. The molecule has 4 aliphatic heterocycles. The lowest BCUT2D eigenvalue weighted by Gasteiger charge is -2.24. The molecular weight excluding hydrogens is 298 g/mol. The molecule has 4 heterocycles. The minimum atomic E-state index is -0.652. The number of esters is 1. The Morgan fingerprint density at radius 1 is 1.52 bits per heavy atom. The Balaban J connectivity index is 1.54. The number of carbonyl (C=O) groups is 2. The van der Waals surface area contributed by atoms with Gasteiger partial charge in [0.15, 0.2) is 0 Å². The molecule has 0 aliphatic carbocycles. The van der Waals surface area contributed by atoms with Crippen molar-refractivity contribution in [2.24, 2.45) is 11.8 Å². The molecule has 0 N–H and O–H groups in total. The molecule has 3 fully saturated rings. The fourth-order valence-corrected chi connectivity index (χ4v) is 4.35. The summed E-state index contributed by atoms with van der Waals surface area (Å²) in [6.07, 6.45) is 5.49. The number of hydrogen-bond acceptors (Lipinski definition) is 5. The van der Waals surface area contributed by atoms with E-state index in [0.29, 0.717) is 13.1 Å². The van der Waals surface area contributed by atoms with Crippen LogP contribution in [0.4, 0.5) is 0 Å². The number of fused-ring (bicyclic) bond motifs is 1. The van der Waals surface area contributed by atoms with E-state index in [-0.39, 0.29) is 30.2 Å². The van der Waals surface area contributed by atoms with E-state index in [9.17, 15) is 9.59 Å². The summed E-state index contributed by atoms with van der Waals surface area (Å²) in [5.74, 6) is -1.30. The molecule has 0 radical (unpaired) electrons. The van der Waals surface area contributed by atoms with Crippen LogP contribution in [0.3, 0.4) is 0 Å². The molecule has 0 saturated carbocycles. The minimum Gasteiger partial charge on any atom is -0.463 e. The van der Waals surface area contributed by atoms with Crippen molar-refractivity contribution in [2.45, 2.75) is 50.6 Å². The van der Waals surface area contributed by atoms with Gasteiger partial charge >= 0.3 is 5.97 Å². The number of carbonyl (C=O) groups excluding carboxylic acids is 2. The second-order valence-electron chi connectivity index (χ2n) is 7.24. The zero-order valence-electron chi connectivity index (χ0n) is 13.6. The molecule has 1 amide bonds. The molecule has 6 heteroatoms. The van der Waals surface area contributed by atoms with Gasteiger partial charge in [-0.1, -0.05) is 12.2 Å². The van der Waals surface area contributed by atoms with E-state index in [0.717, 1.165) is 19.4 Å². The van der Waals surface area contributed by atoms with Gasteiger partial charge in [0.2, 0.25) is 5.91 Å². The minimum absolute atomic E-state index is 0.00180. The first-order valence-electron chi connectivity index (χ1n) is 8.48. The summed E-state index contributed by atoms with van der Waals surface area (Å²) in [4.78, 5) is 27.2. The van der Waals surface area contributed by atoms with Crippen molar-refractivity contribution in [3.05, 3.63) is 12.2 Å². The maximum absolute atomic E-state index is 12.9. The van der Waals surface area contributed by atoms with Crippen LogP contribution in [0, 0.1) is 11.8 Å². The van der Waals surface area contributed by atoms with Crippen molar-refractivity contribution in [1.82, 2.24) is 4.90 Å². The van der Waals surface area contributed by atoms with Crippen LogP contribution in [-0.4, -0.2) is 60.4 Å². The van der Waals surface area contributed by atoms with Crippen molar-refractivity contribution in [2.75, 3.05) is 19.7 Å². The average Bonchev–Trinajstić information content (AvgIpc) is 3.21. The average molecular weight is 321 g/mol. The molecule has 1 spiro atoms. The van der Waals surface area contributed by atoms with E-state index < -0.39 is 17.4 Å². The maximum atomic E-state index is 12.9. The first kappa shape index (κ1) is 15.1. The third-order valence-electron chi connectivity index (χ3n) is 5.25. The molecule has 23 heavy (non-hydrogen) atoms. The Bertz CT molecular complexity index is 553. The SMILES string of the molecule is CC(C)OC(=O)[C@H]1[C@H]2C(=O)N(C[C@@H]3CCCO3)C[C@@]23C=C[C@H]1O3. The first-order chi connectivity index (χ1) is 11.0. The molecule has 126 valence electrons. The van der Waals surface area contributed by atoms with E-state index in [1.165, 1.54) is 0 Å². The van der Waals surface area contributed by atoms with E-state index in [4.69, 9.17) is 14.2 Å². The van der Waals surface area contributed by atoms with Gasteiger partial charge in [-0.2, -0.15) is 0 Å². The van der Waals surface area contributed by atoms with Crippen LogP contribution in [0.25, 0.3) is 0 Å². The van der Waals surface area contributed by atoms with Gasteiger partial charge < -0.3 is 19.1 Å². The van der Waals surface area contributed by atoms with Gasteiger partial charge in [-0.05, 0) is 26.7 Å². The number of amides is 1. The number of ether oxygens (including phenoxy) is 3. The van der Waals surface area contributed by atoms with Crippen molar-refractivity contribution in [3.63, 3.8) is 0 Å². The van der Waals surface area contributed by atoms with E-state index in [1.807, 2.05) is 30.9 Å². The van der Waals surface area contributed by atoms with Crippen LogP contribution >= 0.6 is 0 Å². The highest BCUT2D eigenvalue weighted by atomic mass is 16.6. The monoisotopic (exact) mass is 321 g/mol. The van der Waals surface area contributed by atoms with Gasteiger partial charge in [0.25, 0.3) is 0 Å². The van der Waals surface area contributed by atoms with Crippen molar-refractivity contribution < 1.29 is 23.8 Å². The molecule has 4 aliphatic rings. The summed E-state index contributed by atoms with van der Waals surface area (Å²) >= 11 is 0. The lowest BCUT2D eigenvalue weighted by atomic mass is 9.77. The topological polar surface area (TPSA) is 65.1 Å². The molecule has 6 nitrogen and oxygen atoms in total. The van der Waals surface area contributed by atoms with Crippen LogP contribution in [0.5, 0.6) is 0 Å². The van der Waals surface area contributed by atoms with E-state index in [1.54, 1.807) is 0 Å². The third kappa shape index (κ3) is 2.31. The van der Waals surface area contributed by atoms with Gasteiger partial charge in [0.1, 0.15) is 11.5 Å². The van der Waals surface area contributed by atoms with Crippen molar-refractivity contribution in [3.8, 4) is 0 Å². The largest absolute Gasteiger partial charge is 0.463 e. The summed E-state index contributed by atoms with van der Waals surface area (Å²) in [6.45, 7) is 5.50. The fraction of sp³-hybridized carbons (Fsp3) is 0.765. The Morgan fingerprint density at radius 2 is 2.35 bits per heavy atom. The molecule has 0 aromatic carbocycles. The number of likely N-dealkylation sites (tertiary alicyclic amines) is 1.